The highest BCUT2D eigenvalue weighted by atomic mass is 16.7. The van der Waals surface area contributed by atoms with Gasteiger partial charge >= 0.3 is 0 Å². The van der Waals surface area contributed by atoms with Gasteiger partial charge in [-0.15, -0.1) is 0 Å². The first-order chi connectivity index (χ1) is 7.36. The molecule has 0 aliphatic carbocycles. The highest BCUT2D eigenvalue weighted by molar-refractivity contribution is 5.13. The van der Waals surface area contributed by atoms with Crippen LogP contribution < -0.4 is 0 Å². The number of ether oxygens (including phenoxy) is 2. The Balaban J connectivity index is 1.82. The largest absolute Gasteiger partial charge is 0.388 e. The average molecular weight is 208 g/mol. The van der Waals surface area contributed by atoms with Crippen molar-refractivity contribution >= 4 is 0 Å². The molecule has 1 saturated heterocycles. The van der Waals surface area contributed by atoms with Crippen molar-refractivity contribution in [2.45, 2.75) is 31.8 Å². The van der Waals surface area contributed by atoms with Crippen LogP contribution in [-0.4, -0.2) is 24.1 Å². The quantitative estimate of drug-likeness (QED) is 0.821. The number of benzene rings is 1. The van der Waals surface area contributed by atoms with Crippen LogP contribution in [0.1, 0.15) is 18.4 Å². The van der Waals surface area contributed by atoms with E-state index >= 15 is 0 Å². The molecule has 0 saturated carbocycles. The third kappa shape index (κ3) is 3.02. The highest BCUT2D eigenvalue weighted by Crippen LogP contribution is 2.16. The summed E-state index contributed by atoms with van der Waals surface area (Å²) in [5.41, 5.74) is 1.10. The van der Waals surface area contributed by atoms with Crippen LogP contribution in [-0.2, 0) is 16.1 Å². The lowest BCUT2D eigenvalue weighted by molar-refractivity contribution is -0.219. The number of hydrogen-bond acceptors (Lipinski definition) is 3. The first-order valence-electron chi connectivity index (χ1n) is 5.31. The summed E-state index contributed by atoms with van der Waals surface area (Å²) in [5, 5.41) is 9.60. The fourth-order valence-corrected chi connectivity index (χ4v) is 1.65. The van der Waals surface area contributed by atoms with E-state index in [0.29, 0.717) is 13.2 Å². The molecule has 2 atom stereocenters. The van der Waals surface area contributed by atoms with Crippen molar-refractivity contribution in [3.63, 3.8) is 0 Å². The van der Waals surface area contributed by atoms with Crippen LogP contribution in [0.15, 0.2) is 30.3 Å². The summed E-state index contributed by atoms with van der Waals surface area (Å²) >= 11 is 0. The van der Waals surface area contributed by atoms with Gasteiger partial charge in [0.15, 0.2) is 6.29 Å². The molecule has 1 N–H and O–H groups in total. The molecular formula is C12H16O3. The molecular weight excluding hydrogens is 192 g/mol. The van der Waals surface area contributed by atoms with Gasteiger partial charge in [0.2, 0.25) is 0 Å². The lowest BCUT2D eigenvalue weighted by atomic mass is 10.1. The molecule has 82 valence electrons. The minimum absolute atomic E-state index is 0.459. The number of aliphatic hydroxyl groups is 1. The van der Waals surface area contributed by atoms with Gasteiger partial charge in [-0.05, 0) is 18.4 Å². The first kappa shape index (κ1) is 10.6. The van der Waals surface area contributed by atoms with Crippen molar-refractivity contribution in [1.29, 1.82) is 0 Å². The third-order valence-corrected chi connectivity index (χ3v) is 2.50. The second-order valence-electron chi connectivity index (χ2n) is 3.75. The maximum Gasteiger partial charge on any atom is 0.183 e. The number of aliphatic hydroxyl groups excluding tert-OH is 1. The summed E-state index contributed by atoms with van der Waals surface area (Å²) in [6.07, 6.45) is 0.729. The van der Waals surface area contributed by atoms with Crippen LogP contribution in [0, 0.1) is 0 Å². The van der Waals surface area contributed by atoms with Crippen LogP contribution in [0.4, 0.5) is 0 Å². The van der Waals surface area contributed by atoms with Gasteiger partial charge in [0.1, 0.15) is 6.10 Å². The summed E-state index contributed by atoms with van der Waals surface area (Å²) in [6, 6.07) is 9.90. The fraction of sp³-hybridized carbons (Fsp3) is 0.500. The Kier molecular flexibility index (Phi) is 3.72. The minimum Gasteiger partial charge on any atom is -0.388 e. The van der Waals surface area contributed by atoms with E-state index in [1.165, 1.54) is 0 Å². The van der Waals surface area contributed by atoms with Crippen LogP contribution in [0.3, 0.4) is 0 Å². The van der Waals surface area contributed by atoms with Gasteiger partial charge in [0, 0.05) is 6.61 Å². The normalized spacial score (nSPS) is 26.5. The summed E-state index contributed by atoms with van der Waals surface area (Å²) < 4.78 is 10.8. The molecule has 0 amide bonds. The third-order valence-electron chi connectivity index (χ3n) is 2.50. The SMILES string of the molecule is OC1CCCOC1OCc1ccccc1. The maximum absolute atomic E-state index is 9.60. The topological polar surface area (TPSA) is 38.7 Å². The Labute approximate surface area is 89.6 Å². The molecule has 15 heavy (non-hydrogen) atoms. The predicted octanol–water partition coefficient (Wildman–Crippen LogP) is 1.70. The van der Waals surface area contributed by atoms with E-state index < -0.39 is 12.4 Å². The van der Waals surface area contributed by atoms with Gasteiger partial charge in [0.25, 0.3) is 0 Å². The first-order valence-corrected chi connectivity index (χ1v) is 5.31. The Morgan fingerprint density at radius 2 is 2.13 bits per heavy atom. The summed E-state index contributed by atoms with van der Waals surface area (Å²) in [6.45, 7) is 1.17. The van der Waals surface area contributed by atoms with Crippen LogP contribution in [0.2, 0.25) is 0 Å². The summed E-state index contributed by atoms with van der Waals surface area (Å²) in [5.74, 6) is 0. The van der Waals surface area contributed by atoms with Gasteiger partial charge in [-0.25, -0.2) is 0 Å². The van der Waals surface area contributed by atoms with Gasteiger partial charge < -0.3 is 14.6 Å². The van der Waals surface area contributed by atoms with E-state index in [2.05, 4.69) is 0 Å². The zero-order valence-electron chi connectivity index (χ0n) is 8.63. The van der Waals surface area contributed by atoms with Crippen LogP contribution in [0.25, 0.3) is 0 Å². The highest BCUT2D eigenvalue weighted by Gasteiger charge is 2.24. The Bertz CT molecular complexity index is 286. The van der Waals surface area contributed by atoms with Crippen molar-refractivity contribution in [3.05, 3.63) is 35.9 Å². The van der Waals surface area contributed by atoms with Crippen LogP contribution >= 0.6 is 0 Å². The zero-order valence-corrected chi connectivity index (χ0v) is 8.63. The lowest BCUT2D eigenvalue weighted by Crippen LogP contribution is -2.36. The molecule has 1 aromatic carbocycles. The zero-order chi connectivity index (χ0) is 10.5. The lowest BCUT2D eigenvalue weighted by Gasteiger charge is -2.27. The van der Waals surface area contributed by atoms with Crippen molar-refractivity contribution < 1.29 is 14.6 Å². The summed E-state index contributed by atoms with van der Waals surface area (Å²) in [7, 11) is 0. The molecule has 0 spiro atoms. The molecule has 2 rings (SSSR count). The van der Waals surface area contributed by atoms with Crippen molar-refractivity contribution in [2.24, 2.45) is 0 Å². The van der Waals surface area contributed by atoms with E-state index in [1.807, 2.05) is 30.3 Å². The molecule has 2 unspecified atom stereocenters. The molecule has 0 aromatic heterocycles. The fourth-order valence-electron chi connectivity index (χ4n) is 1.65. The van der Waals surface area contributed by atoms with Gasteiger partial charge in [-0.3, -0.25) is 0 Å². The monoisotopic (exact) mass is 208 g/mol. The molecule has 1 fully saturated rings. The maximum atomic E-state index is 9.60. The van der Waals surface area contributed by atoms with E-state index in [1.54, 1.807) is 0 Å². The van der Waals surface area contributed by atoms with Gasteiger partial charge in [0.05, 0.1) is 6.61 Å². The molecule has 1 aliphatic heterocycles. The molecule has 1 aliphatic rings. The van der Waals surface area contributed by atoms with E-state index in [4.69, 9.17) is 9.47 Å². The molecule has 0 radical (unpaired) electrons. The predicted molar refractivity (Wildman–Crippen MR) is 56.2 cm³/mol. The Morgan fingerprint density at radius 3 is 2.87 bits per heavy atom. The van der Waals surface area contributed by atoms with Crippen molar-refractivity contribution in [3.8, 4) is 0 Å². The molecule has 3 heteroatoms. The van der Waals surface area contributed by atoms with E-state index in [0.717, 1.165) is 18.4 Å². The summed E-state index contributed by atoms with van der Waals surface area (Å²) in [4.78, 5) is 0. The van der Waals surface area contributed by atoms with E-state index in [-0.39, 0.29) is 0 Å². The molecule has 3 nitrogen and oxygen atoms in total. The second-order valence-corrected chi connectivity index (χ2v) is 3.75. The number of hydrogen-bond donors (Lipinski definition) is 1. The minimum atomic E-state index is -0.484. The Hall–Kier alpha value is -0.900. The standard InChI is InChI=1S/C12H16O3/c13-11-7-4-8-14-12(11)15-9-10-5-2-1-3-6-10/h1-3,5-6,11-13H,4,7-9H2. The van der Waals surface area contributed by atoms with Crippen LogP contribution in [0.5, 0.6) is 0 Å². The molecule has 0 bridgehead atoms. The smallest absolute Gasteiger partial charge is 0.183 e. The second kappa shape index (κ2) is 5.26. The van der Waals surface area contributed by atoms with Gasteiger partial charge in [-0.2, -0.15) is 0 Å². The van der Waals surface area contributed by atoms with E-state index in [9.17, 15) is 5.11 Å². The van der Waals surface area contributed by atoms with Gasteiger partial charge in [-0.1, -0.05) is 30.3 Å². The molecule has 1 aromatic rings. The number of rotatable bonds is 3. The average Bonchev–Trinajstić information content (AvgIpc) is 2.29. The van der Waals surface area contributed by atoms with Crippen molar-refractivity contribution in [1.82, 2.24) is 0 Å². The molecule has 1 heterocycles. The Morgan fingerprint density at radius 1 is 1.33 bits per heavy atom. The van der Waals surface area contributed by atoms with Crippen molar-refractivity contribution in [2.75, 3.05) is 6.61 Å².